The third-order valence-electron chi connectivity index (χ3n) is 3.07. The molecule has 0 fully saturated rings. The third kappa shape index (κ3) is 3.72. The standard InChI is InChI=1S/C16H14FN5OS/c1-9-3-4-13(21-12-5-11(17)6-18-7-12)14(19-9)15(23)22-16-20-10(2)8-24-16/h3-8,21H,1-2H3,(H,20,22,23). The van der Waals surface area contributed by atoms with Gasteiger partial charge in [0.15, 0.2) is 10.8 Å². The van der Waals surface area contributed by atoms with Crippen LogP contribution in [0.1, 0.15) is 21.9 Å². The fourth-order valence-corrected chi connectivity index (χ4v) is 2.72. The van der Waals surface area contributed by atoms with Gasteiger partial charge in [-0.3, -0.25) is 15.1 Å². The fraction of sp³-hybridized carbons (Fsp3) is 0.125. The Morgan fingerprint density at radius 2 is 2.00 bits per heavy atom. The summed E-state index contributed by atoms with van der Waals surface area (Å²) in [7, 11) is 0. The van der Waals surface area contributed by atoms with Gasteiger partial charge in [0.2, 0.25) is 0 Å². The van der Waals surface area contributed by atoms with Crippen molar-refractivity contribution in [2.75, 3.05) is 10.6 Å². The number of hydrogen-bond donors (Lipinski definition) is 2. The summed E-state index contributed by atoms with van der Waals surface area (Å²) in [4.78, 5) is 24.8. The van der Waals surface area contributed by atoms with Gasteiger partial charge in [0.1, 0.15) is 5.82 Å². The van der Waals surface area contributed by atoms with Crippen LogP contribution in [0.25, 0.3) is 0 Å². The van der Waals surface area contributed by atoms with Crippen molar-refractivity contribution < 1.29 is 9.18 Å². The molecule has 3 rings (SSSR count). The van der Waals surface area contributed by atoms with Crippen molar-refractivity contribution >= 4 is 33.8 Å². The maximum atomic E-state index is 13.3. The number of amides is 1. The lowest BCUT2D eigenvalue weighted by Gasteiger charge is -2.11. The summed E-state index contributed by atoms with van der Waals surface area (Å²) in [6.07, 6.45) is 2.58. The number of carbonyl (C=O) groups is 1. The molecule has 0 aliphatic carbocycles. The zero-order valence-corrected chi connectivity index (χ0v) is 13.8. The summed E-state index contributed by atoms with van der Waals surface area (Å²) in [5, 5.41) is 8.03. The molecule has 122 valence electrons. The number of aromatic nitrogens is 3. The Kier molecular flexibility index (Phi) is 4.48. The number of nitrogens with one attached hydrogen (secondary N) is 2. The molecule has 0 radical (unpaired) electrons. The highest BCUT2D eigenvalue weighted by Crippen LogP contribution is 2.22. The highest BCUT2D eigenvalue weighted by atomic mass is 32.1. The Hall–Kier alpha value is -2.87. The molecule has 3 heterocycles. The summed E-state index contributed by atoms with van der Waals surface area (Å²) in [6.45, 7) is 3.64. The largest absolute Gasteiger partial charge is 0.352 e. The van der Waals surface area contributed by atoms with E-state index in [4.69, 9.17) is 0 Å². The van der Waals surface area contributed by atoms with E-state index in [2.05, 4.69) is 25.6 Å². The van der Waals surface area contributed by atoms with E-state index in [0.717, 1.165) is 11.9 Å². The van der Waals surface area contributed by atoms with Crippen LogP contribution in [0.4, 0.5) is 20.9 Å². The van der Waals surface area contributed by atoms with Crippen molar-refractivity contribution in [3.8, 4) is 0 Å². The van der Waals surface area contributed by atoms with Gasteiger partial charge in [0, 0.05) is 17.1 Å². The molecule has 0 bridgehead atoms. The Balaban J connectivity index is 1.88. The van der Waals surface area contributed by atoms with Gasteiger partial charge >= 0.3 is 0 Å². The van der Waals surface area contributed by atoms with Crippen molar-refractivity contribution in [3.63, 3.8) is 0 Å². The third-order valence-corrected chi connectivity index (χ3v) is 3.95. The summed E-state index contributed by atoms with van der Waals surface area (Å²) in [6, 6.07) is 4.77. The van der Waals surface area contributed by atoms with Gasteiger partial charge < -0.3 is 5.32 Å². The Morgan fingerprint density at radius 3 is 2.71 bits per heavy atom. The zero-order chi connectivity index (χ0) is 17.1. The highest BCUT2D eigenvalue weighted by Gasteiger charge is 2.16. The fourth-order valence-electron chi connectivity index (χ4n) is 2.03. The number of nitrogens with zero attached hydrogens (tertiary/aromatic N) is 3. The first kappa shape index (κ1) is 16.0. The lowest BCUT2D eigenvalue weighted by atomic mass is 10.2. The minimum atomic E-state index is -0.468. The second-order valence-electron chi connectivity index (χ2n) is 5.11. The van der Waals surface area contributed by atoms with Crippen molar-refractivity contribution in [2.24, 2.45) is 0 Å². The predicted molar refractivity (Wildman–Crippen MR) is 91.3 cm³/mol. The molecule has 0 unspecified atom stereocenters. The molecule has 8 heteroatoms. The molecule has 0 saturated heterocycles. The van der Waals surface area contributed by atoms with Crippen LogP contribution in [-0.4, -0.2) is 20.9 Å². The van der Waals surface area contributed by atoms with Gasteiger partial charge in [-0.05, 0) is 26.0 Å². The molecule has 3 aromatic rings. The minimum Gasteiger partial charge on any atom is -0.352 e. The molecular formula is C16H14FN5OS. The van der Waals surface area contributed by atoms with Crippen molar-refractivity contribution in [1.29, 1.82) is 0 Å². The molecule has 3 aromatic heterocycles. The maximum absolute atomic E-state index is 13.3. The molecule has 24 heavy (non-hydrogen) atoms. The van der Waals surface area contributed by atoms with E-state index >= 15 is 0 Å². The van der Waals surface area contributed by atoms with Crippen LogP contribution in [0.2, 0.25) is 0 Å². The van der Waals surface area contributed by atoms with Crippen LogP contribution in [0.15, 0.2) is 36.0 Å². The van der Waals surface area contributed by atoms with Gasteiger partial charge in [0.25, 0.3) is 5.91 Å². The average molecular weight is 343 g/mol. The van der Waals surface area contributed by atoms with Gasteiger partial charge in [-0.15, -0.1) is 11.3 Å². The molecule has 0 saturated carbocycles. The summed E-state index contributed by atoms with van der Waals surface area (Å²) in [5.74, 6) is -0.857. The van der Waals surface area contributed by atoms with Gasteiger partial charge in [-0.2, -0.15) is 0 Å². The van der Waals surface area contributed by atoms with E-state index in [9.17, 15) is 9.18 Å². The van der Waals surface area contributed by atoms with Crippen LogP contribution < -0.4 is 10.6 Å². The zero-order valence-electron chi connectivity index (χ0n) is 13.0. The van der Waals surface area contributed by atoms with E-state index in [-0.39, 0.29) is 11.6 Å². The number of carbonyl (C=O) groups excluding carboxylic acids is 1. The molecular weight excluding hydrogens is 329 g/mol. The Bertz CT molecular complexity index is 896. The number of aryl methyl sites for hydroxylation is 2. The Morgan fingerprint density at radius 1 is 1.17 bits per heavy atom. The van der Waals surface area contributed by atoms with E-state index in [1.54, 1.807) is 19.1 Å². The molecule has 2 N–H and O–H groups in total. The predicted octanol–water partition coefficient (Wildman–Crippen LogP) is 3.68. The van der Waals surface area contributed by atoms with Crippen LogP contribution >= 0.6 is 11.3 Å². The Labute approximate surface area is 141 Å². The molecule has 0 aromatic carbocycles. The second kappa shape index (κ2) is 6.71. The van der Waals surface area contributed by atoms with Crippen LogP contribution in [0.3, 0.4) is 0 Å². The van der Waals surface area contributed by atoms with Crippen molar-refractivity contribution in [1.82, 2.24) is 15.0 Å². The smallest absolute Gasteiger partial charge is 0.278 e. The molecule has 6 nitrogen and oxygen atoms in total. The first-order valence-electron chi connectivity index (χ1n) is 7.10. The average Bonchev–Trinajstić information content (AvgIpc) is 2.94. The number of hydrogen-bond acceptors (Lipinski definition) is 6. The minimum absolute atomic E-state index is 0.201. The lowest BCUT2D eigenvalue weighted by molar-refractivity contribution is 0.102. The first-order valence-corrected chi connectivity index (χ1v) is 7.98. The van der Waals surface area contributed by atoms with Crippen molar-refractivity contribution in [3.05, 3.63) is 58.9 Å². The summed E-state index contributed by atoms with van der Waals surface area (Å²) >= 11 is 1.34. The first-order chi connectivity index (χ1) is 11.5. The highest BCUT2D eigenvalue weighted by molar-refractivity contribution is 7.13. The second-order valence-corrected chi connectivity index (χ2v) is 5.97. The van der Waals surface area contributed by atoms with E-state index in [1.807, 2.05) is 12.3 Å². The van der Waals surface area contributed by atoms with Gasteiger partial charge in [0.05, 0.1) is 29.5 Å². The van der Waals surface area contributed by atoms with Crippen molar-refractivity contribution in [2.45, 2.75) is 13.8 Å². The summed E-state index contributed by atoms with van der Waals surface area (Å²) < 4.78 is 13.3. The number of rotatable bonds is 4. The van der Waals surface area contributed by atoms with Crippen LogP contribution in [0, 0.1) is 19.7 Å². The maximum Gasteiger partial charge on any atom is 0.278 e. The number of halogens is 1. The van der Waals surface area contributed by atoms with Gasteiger partial charge in [-0.25, -0.2) is 14.4 Å². The number of thiazole rings is 1. The molecule has 0 aliphatic rings. The molecule has 0 atom stereocenters. The quantitative estimate of drug-likeness (QED) is 0.755. The van der Waals surface area contributed by atoms with E-state index < -0.39 is 5.82 Å². The molecule has 0 spiro atoms. The number of anilines is 3. The topological polar surface area (TPSA) is 79.8 Å². The van der Waals surface area contributed by atoms with E-state index in [1.165, 1.54) is 23.6 Å². The molecule has 1 amide bonds. The molecule has 0 aliphatic heterocycles. The normalized spacial score (nSPS) is 10.5. The monoisotopic (exact) mass is 343 g/mol. The lowest BCUT2D eigenvalue weighted by Crippen LogP contribution is -2.16. The number of pyridine rings is 2. The van der Waals surface area contributed by atoms with E-state index in [0.29, 0.717) is 22.2 Å². The summed E-state index contributed by atoms with van der Waals surface area (Å²) in [5.41, 5.74) is 2.61. The SMILES string of the molecule is Cc1csc(NC(=O)c2nc(C)ccc2Nc2cncc(F)c2)n1. The van der Waals surface area contributed by atoms with Gasteiger partial charge in [-0.1, -0.05) is 0 Å². The van der Waals surface area contributed by atoms with Crippen LogP contribution in [0.5, 0.6) is 0 Å². The van der Waals surface area contributed by atoms with Crippen LogP contribution in [-0.2, 0) is 0 Å².